The van der Waals surface area contributed by atoms with Gasteiger partial charge in [-0.15, -0.1) is 0 Å². The maximum atomic E-state index is 12.6. The maximum Gasteiger partial charge on any atom is 0.408 e. The number of carbonyl (C=O) groups excluding carboxylic acids is 1. The fraction of sp³-hybridized carbons (Fsp3) is 0.417. The molecule has 18 heavy (non-hydrogen) atoms. The minimum Gasteiger partial charge on any atom is -0.465 e. The van der Waals surface area contributed by atoms with Crippen molar-refractivity contribution in [3.63, 3.8) is 0 Å². The molecule has 1 aliphatic heterocycles. The van der Waals surface area contributed by atoms with Gasteiger partial charge in [0.25, 0.3) is 0 Å². The Bertz CT molecular complexity index is 471. The van der Waals surface area contributed by atoms with Crippen molar-refractivity contribution in [1.29, 1.82) is 0 Å². The Morgan fingerprint density at radius 3 is 2.78 bits per heavy atom. The van der Waals surface area contributed by atoms with E-state index in [1.165, 1.54) is 19.2 Å². The molecule has 2 rings (SSSR count). The number of anilines is 1. The molecule has 1 N–H and O–H groups in total. The zero-order valence-corrected chi connectivity index (χ0v) is 9.67. The number of hydrogen-bond donors (Lipinski definition) is 1. The van der Waals surface area contributed by atoms with Gasteiger partial charge in [-0.3, -0.25) is 0 Å². The number of methoxy groups -OCH3 is 1. The Kier molecular flexibility index (Phi) is 3.19. The van der Waals surface area contributed by atoms with E-state index in [1.54, 1.807) is 6.07 Å². The number of rotatable bonds is 1. The van der Waals surface area contributed by atoms with Crippen LogP contribution in [0.2, 0.25) is 0 Å². The highest BCUT2D eigenvalue weighted by Gasteiger charge is 2.41. The quantitative estimate of drug-likeness (QED) is 0.788. The number of nitrogens with one attached hydrogen (secondary N) is 1. The molecule has 98 valence electrons. The number of ether oxygens (including phenoxy) is 1. The number of esters is 1. The molecule has 6 heteroatoms. The highest BCUT2D eigenvalue weighted by molar-refractivity contribution is 5.90. The lowest BCUT2D eigenvalue weighted by Gasteiger charge is -2.28. The lowest BCUT2D eigenvalue weighted by molar-refractivity contribution is -0.144. The van der Waals surface area contributed by atoms with Gasteiger partial charge in [0.05, 0.1) is 12.7 Å². The van der Waals surface area contributed by atoms with E-state index in [0.29, 0.717) is 16.8 Å². The second-order valence-electron chi connectivity index (χ2n) is 4.14. The van der Waals surface area contributed by atoms with Crippen molar-refractivity contribution in [2.75, 3.05) is 12.4 Å². The number of benzene rings is 1. The van der Waals surface area contributed by atoms with Crippen molar-refractivity contribution in [2.24, 2.45) is 0 Å². The summed E-state index contributed by atoms with van der Waals surface area (Å²) in [5.74, 6) is -0.490. The fourth-order valence-electron chi connectivity index (χ4n) is 1.99. The maximum absolute atomic E-state index is 12.6. The Balaban J connectivity index is 2.23. The molecule has 0 saturated heterocycles. The van der Waals surface area contributed by atoms with Gasteiger partial charge in [0.2, 0.25) is 0 Å². The van der Waals surface area contributed by atoms with Crippen LogP contribution in [0.15, 0.2) is 18.2 Å². The molecule has 0 fully saturated rings. The smallest absolute Gasteiger partial charge is 0.408 e. The summed E-state index contributed by atoms with van der Waals surface area (Å²) in [5.41, 5.74) is 1.48. The zero-order valence-electron chi connectivity index (χ0n) is 9.67. The van der Waals surface area contributed by atoms with Crippen LogP contribution in [-0.4, -0.2) is 25.3 Å². The van der Waals surface area contributed by atoms with Crippen LogP contribution >= 0.6 is 0 Å². The summed E-state index contributed by atoms with van der Waals surface area (Å²) in [6, 6.07) is 2.99. The number of halogens is 3. The molecule has 1 unspecified atom stereocenters. The van der Waals surface area contributed by atoms with Crippen molar-refractivity contribution >= 4 is 11.7 Å². The Morgan fingerprint density at radius 2 is 2.17 bits per heavy atom. The number of aryl methyl sites for hydroxylation is 1. The largest absolute Gasteiger partial charge is 0.465 e. The van der Waals surface area contributed by atoms with Crippen LogP contribution in [0.25, 0.3) is 0 Å². The van der Waals surface area contributed by atoms with Gasteiger partial charge in [0, 0.05) is 5.69 Å². The van der Waals surface area contributed by atoms with E-state index in [-0.39, 0.29) is 12.8 Å². The monoisotopic (exact) mass is 259 g/mol. The Labute approximate surface area is 102 Å². The second-order valence-corrected chi connectivity index (χ2v) is 4.14. The van der Waals surface area contributed by atoms with Gasteiger partial charge >= 0.3 is 12.1 Å². The first kappa shape index (κ1) is 12.7. The van der Waals surface area contributed by atoms with Crippen molar-refractivity contribution in [1.82, 2.24) is 0 Å². The van der Waals surface area contributed by atoms with Crippen molar-refractivity contribution in [3.05, 3.63) is 29.3 Å². The third kappa shape index (κ3) is 2.42. The number of alkyl halides is 3. The van der Waals surface area contributed by atoms with Crippen LogP contribution in [0.1, 0.15) is 22.3 Å². The topological polar surface area (TPSA) is 38.3 Å². The number of fused-ring (bicyclic) bond motifs is 1. The molecule has 0 amide bonds. The summed E-state index contributed by atoms with van der Waals surface area (Å²) in [6.45, 7) is 0. The van der Waals surface area contributed by atoms with Crippen LogP contribution in [0.5, 0.6) is 0 Å². The van der Waals surface area contributed by atoms with Crippen LogP contribution in [0, 0.1) is 0 Å². The van der Waals surface area contributed by atoms with E-state index in [4.69, 9.17) is 0 Å². The molecule has 1 aromatic rings. The summed E-state index contributed by atoms with van der Waals surface area (Å²) in [6.07, 6.45) is -3.99. The molecule has 1 aliphatic rings. The molecule has 1 atom stereocenters. The molecular weight excluding hydrogens is 247 g/mol. The van der Waals surface area contributed by atoms with Crippen molar-refractivity contribution < 1.29 is 22.7 Å². The lowest BCUT2D eigenvalue weighted by atomic mass is 9.96. The summed E-state index contributed by atoms with van der Waals surface area (Å²) in [4.78, 5) is 11.3. The molecule has 0 aromatic heterocycles. The first-order chi connectivity index (χ1) is 8.41. The highest BCUT2D eigenvalue weighted by Crippen LogP contribution is 2.33. The van der Waals surface area contributed by atoms with Gasteiger partial charge in [0.15, 0.2) is 0 Å². The minimum absolute atomic E-state index is 0.0267. The molecule has 0 bridgehead atoms. The normalized spacial score (nSPS) is 18.8. The summed E-state index contributed by atoms with van der Waals surface area (Å²) in [5, 5.41) is 2.44. The molecule has 0 aliphatic carbocycles. The first-order valence-corrected chi connectivity index (χ1v) is 5.46. The van der Waals surface area contributed by atoms with E-state index < -0.39 is 18.2 Å². The number of carbonyl (C=O) groups is 1. The molecule has 1 aromatic carbocycles. The Hall–Kier alpha value is -1.72. The van der Waals surface area contributed by atoms with Crippen LogP contribution in [0.3, 0.4) is 0 Å². The van der Waals surface area contributed by atoms with Crippen molar-refractivity contribution in [3.8, 4) is 0 Å². The van der Waals surface area contributed by atoms with Gasteiger partial charge in [-0.25, -0.2) is 4.79 Å². The average Bonchev–Trinajstić information content (AvgIpc) is 2.35. The van der Waals surface area contributed by atoms with E-state index in [1.807, 2.05) is 0 Å². The van der Waals surface area contributed by atoms with Gasteiger partial charge < -0.3 is 10.1 Å². The first-order valence-electron chi connectivity index (χ1n) is 5.46. The molecular formula is C12H12F3NO2. The standard InChI is InChI=1S/C12H12F3NO2/c1-18-11(17)8-2-4-9-7(6-8)3-5-10(16-9)12(13,14)15/h2,4,6,10,16H,3,5H2,1H3. The predicted octanol–water partition coefficient (Wildman–Crippen LogP) is 2.76. The summed E-state index contributed by atoms with van der Waals surface area (Å²) < 4.78 is 42.2. The van der Waals surface area contributed by atoms with E-state index in [0.717, 1.165) is 0 Å². The molecule has 0 spiro atoms. The fourth-order valence-corrected chi connectivity index (χ4v) is 1.99. The van der Waals surface area contributed by atoms with Gasteiger partial charge in [-0.05, 0) is 36.6 Å². The Morgan fingerprint density at radius 1 is 1.44 bits per heavy atom. The zero-order chi connectivity index (χ0) is 13.3. The van der Waals surface area contributed by atoms with Gasteiger partial charge in [-0.1, -0.05) is 0 Å². The third-order valence-electron chi connectivity index (χ3n) is 2.95. The summed E-state index contributed by atoms with van der Waals surface area (Å²) in [7, 11) is 1.26. The third-order valence-corrected chi connectivity index (χ3v) is 2.95. The van der Waals surface area contributed by atoms with Crippen LogP contribution in [0.4, 0.5) is 18.9 Å². The minimum atomic E-state index is -4.25. The highest BCUT2D eigenvalue weighted by atomic mass is 19.4. The van der Waals surface area contributed by atoms with E-state index in [2.05, 4.69) is 10.1 Å². The van der Waals surface area contributed by atoms with Crippen LogP contribution in [-0.2, 0) is 11.2 Å². The van der Waals surface area contributed by atoms with Crippen LogP contribution < -0.4 is 5.32 Å². The van der Waals surface area contributed by atoms with Gasteiger partial charge in [-0.2, -0.15) is 13.2 Å². The number of hydrogen-bond acceptors (Lipinski definition) is 3. The van der Waals surface area contributed by atoms with E-state index in [9.17, 15) is 18.0 Å². The molecule has 0 saturated carbocycles. The average molecular weight is 259 g/mol. The van der Waals surface area contributed by atoms with Crippen molar-refractivity contribution in [2.45, 2.75) is 25.1 Å². The molecule has 3 nitrogen and oxygen atoms in total. The van der Waals surface area contributed by atoms with E-state index >= 15 is 0 Å². The van der Waals surface area contributed by atoms with Gasteiger partial charge in [0.1, 0.15) is 6.04 Å². The lowest BCUT2D eigenvalue weighted by Crippen LogP contribution is -2.39. The second kappa shape index (κ2) is 4.51. The molecule has 1 heterocycles. The summed E-state index contributed by atoms with van der Waals surface area (Å²) >= 11 is 0. The SMILES string of the molecule is COC(=O)c1ccc2c(c1)CCC(C(F)(F)F)N2. The predicted molar refractivity (Wildman–Crippen MR) is 59.6 cm³/mol. The molecule has 0 radical (unpaired) electrons.